The molecule has 9 heteroatoms. The Balaban J connectivity index is 2.13. The number of hydrogen-bond donors (Lipinski definition) is 1. The number of likely N-dealkylation sites (N-methyl/N-ethyl adjacent to an activating group) is 1. The van der Waals surface area contributed by atoms with Crippen molar-refractivity contribution in [2.24, 2.45) is 0 Å². The summed E-state index contributed by atoms with van der Waals surface area (Å²) < 4.78 is 72.4. The van der Waals surface area contributed by atoms with Gasteiger partial charge in [-0.05, 0) is 18.7 Å². The summed E-state index contributed by atoms with van der Waals surface area (Å²) in [5.41, 5.74) is -0.547. The molecule has 2 rings (SSSR count). The zero-order valence-electron chi connectivity index (χ0n) is 14.6. The molecule has 0 heterocycles. The molecule has 0 aromatic heterocycles. The van der Waals surface area contributed by atoms with Crippen LogP contribution < -0.4 is 10.1 Å². The minimum atomic E-state index is -2.22. The Hall–Kier alpha value is -2.68. The molecular weight excluding hydrogens is 371 g/mol. The van der Waals surface area contributed by atoms with Crippen LogP contribution in [0.2, 0.25) is 0 Å². The van der Waals surface area contributed by atoms with Crippen LogP contribution in [0.1, 0.15) is 12.5 Å². The number of benzene rings is 2. The van der Waals surface area contributed by atoms with Gasteiger partial charge in [0.05, 0.1) is 13.7 Å². The molecule has 0 saturated heterocycles. The van der Waals surface area contributed by atoms with E-state index in [-0.39, 0.29) is 13.1 Å². The van der Waals surface area contributed by atoms with Crippen LogP contribution in [-0.4, -0.2) is 31.0 Å². The predicted octanol–water partition coefficient (Wildman–Crippen LogP) is 3.85. The van der Waals surface area contributed by atoms with Gasteiger partial charge < -0.3 is 10.1 Å². The summed E-state index contributed by atoms with van der Waals surface area (Å²) in [6, 6.07) is 6.51. The Morgan fingerprint density at radius 2 is 1.63 bits per heavy atom. The highest BCUT2D eigenvalue weighted by Gasteiger charge is 2.26. The third-order valence-corrected chi connectivity index (χ3v) is 3.85. The van der Waals surface area contributed by atoms with Gasteiger partial charge in [0.2, 0.25) is 11.7 Å². The van der Waals surface area contributed by atoms with Crippen molar-refractivity contribution in [1.29, 1.82) is 0 Å². The number of nitrogens with zero attached hydrogens (tertiary/aromatic N) is 1. The fraction of sp³-hybridized carbons (Fsp3) is 0.278. The third-order valence-electron chi connectivity index (χ3n) is 3.85. The second-order valence-electron chi connectivity index (χ2n) is 5.63. The number of methoxy groups -OCH3 is 1. The zero-order chi connectivity index (χ0) is 20.1. The van der Waals surface area contributed by atoms with E-state index in [1.807, 2.05) is 0 Å². The highest BCUT2D eigenvalue weighted by Crippen LogP contribution is 2.24. The van der Waals surface area contributed by atoms with E-state index in [9.17, 15) is 26.7 Å². The Morgan fingerprint density at radius 1 is 1.04 bits per heavy atom. The van der Waals surface area contributed by atoms with Crippen LogP contribution >= 0.6 is 0 Å². The molecule has 4 nitrogen and oxygen atoms in total. The van der Waals surface area contributed by atoms with E-state index in [2.05, 4.69) is 5.32 Å². The topological polar surface area (TPSA) is 41.6 Å². The molecule has 0 spiro atoms. The van der Waals surface area contributed by atoms with Crippen molar-refractivity contribution in [1.82, 2.24) is 4.90 Å². The molecule has 0 aliphatic rings. The zero-order valence-corrected chi connectivity index (χ0v) is 14.6. The lowest BCUT2D eigenvalue weighted by Crippen LogP contribution is -2.33. The first kappa shape index (κ1) is 20.6. The smallest absolute Gasteiger partial charge is 0.238 e. The number of rotatable bonds is 7. The second-order valence-corrected chi connectivity index (χ2v) is 5.63. The Bertz CT molecular complexity index is 816. The summed E-state index contributed by atoms with van der Waals surface area (Å²) >= 11 is 0. The average molecular weight is 388 g/mol. The van der Waals surface area contributed by atoms with E-state index in [1.54, 1.807) is 31.2 Å². The molecule has 0 fully saturated rings. The minimum Gasteiger partial charge on any atom is -0.497 e. The van der Waals surface area contributed by atoms with Crippen LogP contribution in [-0.2, 0) is 11.3 Å². The number of anilines is 1. The van der Waals surface area contributed by atoms with Gasteiger partial charge in [0.15, 0.2) is 23.3 Å². The van der Waals surface area contributed by atoms with E-state index >= 15 is 0 Å². The first-order chi connectivity index (χ1) is 12.8. The average Bonchev–Trinajstić information content (AvgIpc) is 2.67. The summed E-state index contributed by atoms with van der Waals surface area (Å²) in [4.78, 5) is 13.4. The van der Waals surface area contributed by atoms with Crippen molar-refractivity contribution in [3.8, 4) is 5.75 Å². The normalized spacial score (nSPS) is 11.0. The highest BCUT2D eigenvalue weighted by molar-refractivity contribution is 5.92. The quantitative estimate of drug-likeness (QED) is 0.445. The maximum atomic E-state index is 13.8. The molecule has 0 atom stereocenters. The van der Waals surface area contributed by atoms with Gasteiger partial charge in [-0.1, -0.05) is 13.0 Å². The molecule has 0 bridgehead atoms. The standard InChI is InChI=1S/C18H17F5N2O2/c1-3-25(8-12-14(19)16(21)18(23)17(22)15(12)20)9-13(26)24-10-5-4-6-11(7-10)27-2/h4-7H,3,8-9H2,1-2H3,(H,24,26). The summed E-state index contributed by atoms with van der Waals surface area (Å²) in [7, 11) is 1.46. The molecule has 0 aliphatic heterocycles. The number of halogens is 5. The Labute approximate surface area is 152 Å². The van der Waals surface area contributed by atoms with E-state index in [1.165, 1.54) is 12.0 Å². The maximum absolute atomic E-state index is 13.8. The summed E-state index contributed by atoms with van der Waals surface area (Å²) in [5.74, 6) is -10.1. The van der Waals surface area contributed by atoms with E-state index < -0.39 is 47.1 Å². The number of nitrogens with one attached hydrogen (secondary N) is 1. The summed E-state index contributed by atoms with van der Waals surface area (Å²) in [6.45, 7) is 0.802. The van der Waals surface area contributed by atoms with Crippen LogP contribution in [0, 0.1) is 29.1 Å². The molecule has 27 heavy (non-hydrogen) atoms. The Kier molecular flexibility index (Phi) is 6.73. The highest BCUT2D eigenvalue weighted by atomic mass is 19.2. The van der Waals surface area contributed by atoms with Crippen LogP contribution in [0.15, 0.2) is 24.3 Å². The van der Waals surface area contributed by atoms with Gasteiger partial charge in [-0.2, -0.15) is 0 Å². The van der Waals surface area contributed by atoms with Crippen molar-refractivity contribution < 1.29 is 31.5 Å². The molecular formula is C18H17F5N2O2. The molecule has 0 radical (unpaired) electrons. The lowest BCUT2D eigenvalue weighted by atomic mass is 10.1. The molecule has 1 amide bonds. The van der Waals surface area contributed by atoms with Crippen molar-refractivity contribution in [3.63, 3.8) is 0 Å². The van der Waals surface area contributed by atoms with Crippen molar-refractivity contribution in [2.45, 2.75) is 13.5 Å². The molecule has 1 N–H and O–H groups in total. The lowest BCUT2D eigenvalue weighted by molar-refractivity contribution is -0.117. The number of ether oxygens (including phenoxy) is 1. The lowest BCUT2D eigenvalue weighted by Gasteiger charge is -2.21. The monoisotopic (exact) mass is 388 g/mol. The summed E-state index contributed by atoms with van der Waals surface area (Å²) in [6.07, 6.45) is 0. The summed E-state index contributed by atoms with van der Waals surface area (Å²) in [5, 5.41) is 2.57. The van der Waals surface area contributed by atoms with E-state index in [4.69, 9.17) is 4.74 Å². The first-order valence-corrected chi connectivity index (χ1v) is 7.95. The van der Waals surface area contributed by atoms with E-state index in [0.29, 0.717) is 11.4 Å². The fourth-order valence-corrected chi connectivity index (χ4v) is 2.40. The van der Waals surface area contributed by atoms with Gasteiger partial charge >= 0.3 is 0 Å². The third kappa shape index (κ3) is 4.73. The number of hydrogen-bond acceptors (Lipinski definition) is 3. The molecule has 2 aromatic rings. The largest absolute Gasteiger partial charge is 0.497 e. The fourth-order valence-electron chi connectivity index (χ4n) is 2.40. The predicted molar refractivity (Wildman–Crippen MR) is 88.8 cm³/mol. The molecule has 2 aromatic carbocycles. The van der Waals surface area contributed by atoms with Gasteiger partial charge in [0, 0.05) is 23.9 Å². The van der Waals surface area contributed by atoms with Crippen LogP contribution in [0.3, 0.4) is 0 Å². The molecule has 0 aliphatic carbocycles. The van der Waals surface area contributed by atoms with Gasteiger partial charge in [-0.3, -0.25) is 9.69 Å². The number of amides is 1. The maximum Gasteiger partial charge on any atom is 0.238 e. The van der Waals surface area contributed by atoms with Crippen LogP contribution in [0.4, 0.5) is 27.6 Å². The van der Waals surface area contributed by atoms with Crippen LogP contribution in [0.5, 0.6) is 5.75 Å². The minimum absolute atomic E-state index is 0.144. The van der Waals surface area contributed by atoms with Gasteiger partial charge in [0.1, 0.15) is 5.75 Å². The first-order valence-electron chi connectivity index (χ1n) is 7.95. The van der Waals surface area contributed by atoms with Gasteiger partial charge in [0.25, 0.3) is 0 Å². The van der Waals surface area contributed by atoms with Crippen molar-refractivity contribution in [3.05, 3.63) is 58.9 Å². The molecule has 0 saturated carbocycles. The molecule has 146 valence electrons. The van der Waals surface area contributed by atoms with Crippen LogP contribution in [0.25, 0.3) is 0 Å². The number of carbonyl (C=O) groups is 1. The van der Waals surface area contributed by atoms with Gasteiger partial charge in [-0.15, -0.1) is 0 Å². The molecule has 0 unspecified atom stereocenters. The SMILES string of the molecule is CCN(CC(=O)Nc1cccc(OC)c1)Cc1c(F)c(F)c(F)c(F)c1F. The van der Waals surface area contributed by atoms with Crippen molar-refractivity contribution >= 4 is 11.6 Å². The number of carbonyl (C=O) groups excluding carboxylic acids is 1. The van der Waals surface area contributed by atoms with Gasteiger partial charge in [-0.25, -0.2) is 22.0 Å². The van der Waals surface area contributed by atoms with E-state index in [0.717, 1.165) is 0 Å². The second kappa shape index (κ2) is 8.81. The van der Waals surface area contributed by atoms with Crippen molar-refractivity contribution in [2.75, 3.05) is 25.5 Å². The Morgan fingerprint density at radius 3 is 2.19 bits per heavy atom.